The molecule has 1 heterocycles. The maximum absolute atomic E-state index is 10.8. The van der Waals surface area contributed by atoms with Crippen LogP contribution in [0.1, 0.15) is 0 Å². The normalized spacial score (nSPS) is 10.2. The average molecular weight is 266 g/mol. The van der Waals surface area contributed by atoms with Gasteiger partial charge >= 0.3 is 5.82 Å². The molecular formula is C9H6N4O4S. The number of hydrogen-bond acceptors (Lipinski definition) is 6. The van der Waals surface area contributed by atoms with Crippen LogP contribution in [0, 0.1) is 20.2 Å². The largest absolute Gasteiger partial charge is 0.358 e. The number of aromatic amines is 1. The van der Waals surface area contributed by atoms with Gasteiger partial charge in [-0.15, -0.1) is 0 Å². The molecule has 1 N–H and O–H groups in total. The highest BCUT2D eigenvalue weighted by atomic mass is 32.2. The standard InChI is InChI=1S/C9H6N4O4S/c14-12(15)6-3-1-2-4-7(6)18-9-10-5-8(11-9)13(16)17/h1-5H,(H,10,11). The maximum atomic E-state index is 10.8. The van der Waals surface area contributed by atoms with Crippen molar-refractivity contribution in [3.63, 3.8) is 0 Å². The molecule has 0 saturated carbocycles. The van der Waals surface area contributed by atoms with Crippen LogP contribution in [0.4, 0.5) is 11.5 Å². The molecular weight excluding hydrogens is 260 g/mol. The molecule has 9 heteroatoms. The predicted octanol–water partition coefficient (Wildman–Crippen LogP) is 2.38. The fourth-order valence-corrected chi connectivity index (χ4v) is 2.10. The highest BCUT2D eigenvalue weighted by molar-refractivity contribution is 7.99. The Morgan fingerprint density at radius 2 is 1.89 bits per heavy atom. The van der Waals surface area contributed by atoms with E-state index in [1.807, 2.05) is 0 Å². The van der Waals surface area contributed by atoms with Crippen molar-refractivity contribution in [3.05, 3.63) is 50.7 Å². The van der Waals surface area contributed by atoms with Gasteiger partial charge in [0, 0.05) is 6.07 Å². The minimum absolute atomic E-state index is 0.0680. The van der Waals surface area contributed by atoms with E-state index >= 15 is 0 Å². The number of benzene rings is 1. The molecule has 0 aliphatic heterocycles. The van der Waals surface area contributed by atoms with E-state index in [1.54, 1.807) is 18.2 Å². The van der Waals surface area contributed by atoms with E-state index in [4.69, 9.17) is 0 Å². The number of nitrogens with zero attached hydrogens (tertiary/aromatic N) is 3. The van der Waals surface area contributed by atoms with Gasteiger partial charge in [0.1, 0.15) is 6.20 Å². The summed E-state index contributed by atoms with van der Waals surface area (Å²) in [4.78, 5) is 26.7. The van der Waals surface area contributed by atoms with E-state index in [0.29, 0.717) is 4.90 Å². The SMILES string of the molecule is O=[N+]([O-])c1cnc(Sc2ccccc2[N+](=O)[O-])[nH]1. The molecule has 92 valence electrons. The quantitative estimate of drug-likeness (QED) is 0.671. The van der Waals surface area contributed by atoms with Gasteiger partial charge in [-0.1, -0.05) is 12.1 Å². The fraction of sp³-hybridized carbons (Fsp3) is 0. The first-order valence-electron chi connectivity index (χ1n) is 4.68. The lowest BCUT2D eigenvalue weighted by molar-refractivity contribution is -0.389. The van der Waals surface area contributed by atoms with Crippen LogP contribution < -0.4 is 0 Å². The second-order valence-electron chi connectivity index (χ2n) is 3.16. The van der Waals surface area contributed by atoms with Gasteiger partial charge < -0.3 is 10.1 Å². The molecule has 0 aliphatic rings. The van der Waals surface area contributed by atoms with Crippen LogP contribution in [-0.2, 0) is 0 Å². The smallest absolute Gasteiger partial charge is 0.341 e. The summed E-state index contributed by atoms with van der Waals surface area (Å²) >= 11 is 0.968. The second kappa shape index (κ2) is 4.84. The lowest BCUT2D eigenvalue weighted by Gasteiger charge is -1.97. The summed E-state index contributed by atoms with van der Waals surface area (Å²) in [5, 5.41) is 21.5. The predicted molar refractivity (Wildman–Crippen MR) is 62.5 cm³/mol. The third kappa shape index (κ3) is 2.46. The highest BCUT2D eigenvalue weighted by Crippen LogP contribution is 2.33. The Balaban J connectivity index is 2.28. The highest BCUT2D eigenvalue weighted by Gasteiger charge is 2.17. The van der Waals surface area contributed by atoms with Crippen molar-refractivity contribution in [2.45, 2.75) is 10.1 Å². The molecule has 1 aromatic carbocycles. The molecule has 2 aromatic rings. The van der Waals surface area contributed by atoms with Gasteiger partial charge in [-0.3, -0.25) is 10.1 Å². The summed E-state index contributed by atoms with van der Waals surface area (Å²) < 4.78 is 0. The average Bonchev–Trinajstić information content (AvgIpc) is 2.78. The molecule has 0 saturated heterocycles. The van der Waals surface area contributed by atoms with Crippen molar-refractivity contribution in [3.8, 4) is 0 Å². The first kappa shape index (κ1) is 12.0. The van der Waals surface area contributed by atoms with Crippen LogP contribution in [0.25, 0.3) is 0 Å². The molecule has 1 aromatic heterocycles. The van der Waals surface area contributed by atoms with Crippen LogP contribution in [0.5, 0.6) is 0 Å². The van der Waals surface area contributed by atoms with Gasteiger partial charge in [0.05, 0.1) is 9.82 Å². The summed E-state index contributed by atoms with van der Waals surface area (Å²) in [5.74, 6) is -0.254. The van der Waals surface area contributed by atoms with Crippen molar-refractivity contribution in [2.24, 2.45) is 0 Å². The van der Waals surface area contributed by atoms with E-state index in [9.17, 15) is 20.2 Å². The van der Waals surface area contributed by atoms with Crippen molar-refractivity contribution >= 4 is 23.3 Å². The second-order valence-corrected chi connectivity index (χ2v) is 4.19. The molecule has 0 bridgehead atoms. The summed E-state index contributed by atoms with van der Waals surface area (Å²) in [7, 11) is 0. The van der Waals surface area contributed by atoms with Gasteiger partial charge in [0.25, 0.3) is 10.8 Å². The molecule has 8 nitrogen and oxygen atoms in total. The maximum Gasteiger partial charge on any atom is 0.341 e. The minimum atomic E-state index is -0.615. The third-order valence-corrected chi connectivity index (χ3v) is 2.97. The molecule has 0 amide bonds. The molecule has 0 aliphatic carbocycles. The van der Waals surface area contributed by atoms with Crippen LogP contribution in [0.15, 0.2) is 40.5 Å². The van der Waals surface area contributed by atoms with E-state index in [2.05, 4.69) is 9.97 Å². The molecule has 0 radical (unpaired) electrons. The van der Waals surface area contributed by atoms with E-state index in [-0.39, 0.29) is 16.7 Å². The molecule has 18 heavy (non-hydrogen) atoms. The van der Waals surface area contributed by atoms with E-state index < -0.39 is 9.85 Å². The van der Waals surface area contributed by atoms with Crippen molar-refractivity contribution in [1.29, 1.82) is 0 Å². The van der Waals surface area contributed by atoms with Crippen LogP contribution in [-0.4, -0.2) is 19.8 Å². The van der Waals surface area contributed by atoms with E-state index in [1.165, 1.54) is 6.07 Å². The zero-order valence-electron chi connectivity index (χ0n) is 8.77. The number of hydrogen-bond donors (Lipinski definition) is 1. The molecule has 0 unspecified atom stereocenters. The Kier molecular flexibility index (Phi) is 3.24. The van der Waals surface area contributed by atoms with Crippen LogP contribution >= 0.6 is 11.8 Å². The topological polar surface area (TPSA) is 115 Å². The molecule has 0 atom stereocenters. The Hall–Kier alpha value is -2.42. The van der Waals surface area contributed by atoms with Crippen molar-refractivity contribution < 1.29 is 9.85 Å². The van der Waals surface area contributed by atoms with Crippen LogP contribution in [0.3, 0.4) is 0 Å². The van der Waals surface area contributed by atoms with Gasteiger partial charge in [-0.25, -0.2) is 9.97 Å². The van der Waals surface area contributed by atoms with Crippen molar-refractivity contribution in [1.82, 2.24) is 9.97 Å². The number of para-hydroxylation sites is 1. The number of H-pyrrole nitrogens is 1. The summed E-state index contributed by atoms with van der Waals surface area (Å²) in [6, 6.07) is 6.11. The first-order chi connectivity index (χ1) is 8.58. The zero-order valence-corrected chi connectivity index (χ0v) is 9.59. The lowest BCUT2D eigenvalue weighted by Crippen LogP contribution is -1.90. The minimum Gasteiger partial charge on any atom is -0.358 e. The lowest BCUT2D eigenvalue weighted by atomic mass is 10.3. The molecule has 0 spiro atoms. The number of rotatable bonds is 4. The molecule has 2 rings (SSSR count). The van der Waals surface area contributed by atoms with Gasteiger partial charge in [0.15, 0.2) is 0 Å². The zero-order chi connectivity index (χ0) is 13.1. The monoisotopic (exact) mass is 266 g/mol. The Morgan fingerprint density at radius 1 is 1.17 bits per heavy atom. The summed E-state index contributed by atoms with van der Waals surface area (Å²) in [6.45, 7) is 0. The van der Waals surface area contributed by atoms with Gasteiger partial charge in [-0.2, -0.15) is 0 Å². The summed E-state index contributed by atoms with van der Waals surface area (Å²) in [6.07, 6.45) is 1.07. The Morgan fingerprint density at radius 3 is 2.50 bits per heavy atom. The number of nitrogens with one attached hydrogen (secondary N) is 1. The van der Waals surface area contributed by atoms with Gasteiger partial charge in [0.2, 0.25) is 0 Å². The number of imidazole rings is 1. The Bertz CT molecular complexity index is 612. The molecule has 0 fully saturated rings. The van der Waals surface area contributed by atoms with Crippen molar-refractivity contribution in [2.75, 3.05) is 0 Å². The number of nitro benzene ring substituents is 1. The summed E-state index contributed by atoms with van der Waals surface area (Å²) in [5.41, 5.74) is -0.0680. The van der Waals surface area contributed by atoms with E-state index in [0.717, 1.165) is 18.0 Å². The fourth-order valence-electron chi connectivity index (χ4n) is 1.24. The van der Waals surface area contributed by atoms with Crippen LogP contribution in [0.2, 0.25) is 0 Å². The first-order valence-corrected chi connectivity index (χ1v) is 5.50. The number of nitro groups is 2. The third-order valence-electron chi connectivity index (χ3n) is 2.00. The van der Waals surface area contributed by atoms with Gasteiger partial charge in [-0.05, 0) is 22.8 Å². The number of aromatic nitrogens is 2. The Labute approximate surface area is 104 Å².